The highest BCUT2D eigenvalue weighted by molar-refractivity contribution is 7.10. The Morgan fingerprint density at radius 2 is 2.15 bits per heavy atom. The molecule has 3 aromatic rings. The van der Waals surface area contributed by atoms with E-state index in [-0.39, 0.29) is 0 Å². The molecule has 27 heavy (non-hydrogen) atoms. The minimum Gasteiger partial charge on any atom is -0.383 e. The number of rotatable bonds is 7. The topological polar surface area (TPSA) is 74.5 Å². The monoisotopic (exact) mass is 383 g/mol. The number of nitrogens with zero attached hydrogens (tertiary/aromatic N) is 3. The van der Waals surface area contributed by atoms with Gasteiger partial charge in [0.05, 0.1) is 18.8 Å². The molecule has 6 nitrogen and oxygen atoms in total. The molecular weight excluding hydrogens is 358 g/mol. The maximum absolute atomic E-state index is 10.7. The van der Waals surface area contributed by atoms with Crippen molar-refractivity contribution < 1.29 is 5.11 Å². The Morgan fingerprint density at radius 1 is 1.26 bits per heavy atom. The van der Waals surface area contributed by atoms with Crippen LogP contribution in [0.15, 0.2) is 65.2 Å². The zero-order valence-corrected chi connectivity index (χ0v) is 16.4. The van der Waals surface area contributed by atoms with Gasteiger partial charge in [0.2, 0.25) is 0 Å². The molecule has 0 aliphatic heterocycles. The second-order valence-electron chi connectivity index (χ2n) is 6.42. The summed E-state index contributed by atoms with van der Waals surface area (Å²) in [6, 6.07) is 13.9. The fourth-order valence-electron chi connectivity index (χ4n) is 2.66. The third kappa shape index (κ3) is 5.18. The molecule has 1 unspecified atom stereocenters. The van der Waals surface area contributed by atoms with Crippen LogP contribution in [0.1, 0.15) is 24.3 Å². The van der Waals surface area contributed by atoms with E-state index in [0.29, 0.717) is 19.0 Å². The third-order valence-corrected chi connectivity index (χ3v) is 5.22. The second kappa shape index (κ2) is 8.83. The summed E-state index contributed by atoms with van der Waals surface area (Å²) < 4.78 is 1.83. The zero-order valence-electron chi connectivity index (χ0n) is 15.6. The number of aliphatic imine (C=N–C) groups is 1. The Kier molecular flexibility index (Phi) is 6.26. The molecule has 0 aliphatic rings. The molecule has 0 saturated carbocycles. The van der Waals surface area contributed by atoms with Crippen LogP contribution >= 0.6 is 11.3 Å². The number of aliphatic hydroxyl groups is 1. The van der Waals surface area contributed by atoms with Crippen molar-refractivity contribution in [1.29, 1.82) is 0 Å². The van der Waals surface area contributed by atoms with Crippen molar-refractivity contribution in [2.75, 3.05) is 13.1 Å². The van der Waals surface area contributed by atoms with Crippen LogP contribution in [0.2, 0.25) is 0 Å². The van der Waals surface area contributed by atoms with Crippen LogP contribution < -0.4 is 10.6 Å². The van der Waals surface area contributed by atoms with E-state index in [1.807, 2.05) is 66.5 Å². The van der Waals surface area contributed by atoms with Gasteiger partial charge in [0, 0.05) is 23.8 Å². The van der Waals surface area contributed by atoms with E-state index in [4.69, 9.17) is 0 Å². The molecule has 2 heterocycles. The fraction of sp³-hybridized carbons (Fsp3) is 0.300. The first-order chi connectivity index (χ1) is 13.1. The zero-order chi connectivity index (χ0) is 19.1. The summed E-state index contributed by atoms with van der Waals surface area (Å²) in [6.07, 6.45) is 3.68. The van der Waals surface area contributed by atoms with E-state index < -0.39 is 5.60 Å². The molecule has 1 atom stereocenters. The van der Waals surface area contributed by atoms with Crippen LogP contribution in [0, 0.1) is 0 Å². The Labute approximate surface area is 163 Å². The van der Waals surface area contributed by atoms with Gasteiger partial charge in [-0.05, 0) is 49.1 Å². The average Bonchev–Trinajstić information content (AvgIpc) is 3.38. The van der Waals surface area contributed by atoms with Crippen LogP contribution in [-0.2, 0) is 12.1 Å². The van der Waals surface area contributed by atoms with Gasteiger partial charge in [-0.1, -0.05) is 18.2 Å². The van der Waals surface area contributed by atoms with Crippen LogP contribution in [0.25, 0.3) is 5.69 Å². The van der Waals surface area contributed by atoms with Crippen molar-refractivity contribution >= 4 is 17.3 Å². The summed E-state index contributed by atoms with van der Waals surface area (Å²) in [5, 5.41) is 23.4. The lowest BCUT2D eigenvalue weighted by molar-refractivity contribution is 0.0655. The van der Waals surface area contributed by atoms with Gasteiger partial charge < -0.3 is 15.7 Å². The van der Waals surface area contributed by atoms with Crippen molar-refractivity contribution in [2.24, 2.45) is 4.99 Å². The molecule has 0 spiro atoms. The van der Waals surface area contributed by atoms with Gasteiger partial charge in [-0.15, -0.1) is 11.3 Å². The number of thiophene rings is 1. The minimum absolute atomic E-state index is 0.382. The molecule has 3 rings (SSSR count). The lowest BCUT2D eigenvalue weighted by Crippen LogP contribution is -2.44. The predicted octanol–water partition coefficient (Wildman–Crippen LogP) is 2.90. The van der Waals surface area contributed by atoms with E-state index >= 15 is 0 Å². The Morgan fingerprint density at radius 3 is 2.85 bits per heavy atom. The summed E-state index contributed by atoms with van der Waals surface area (Å²) in [7, 11) is 0. The van der Waals surface area contributed by atoms with Crippen molar-refractivity contribution in [3.63, 3.8) is 0 Å². The second-order valence-corrected chi connectivity index (χ2v) is 7.37. The first kappa shape index (κ1) is 19.1. The van der Waals surface area contributed by atoms with Crippen molar-refractivity contribution in [1.82, 2.24) is 20.4 Å². The lowest BCUT2D eigenvalue weighted by Gasteiger charge is -2.23. The quantitative estimate of drug-likeness (QED) is 0.433. The smallest absolute Gasteiger partial charge is 0.191 e. The number of benzene rings is 1. The van der Waals surface area contributed by atoms with Gasteiger partial charge >= 0.3 is 0 Å². The van der Waals surface area contributed by atoms with Crippen LogP contribution in [0.4, 0.5) is 0 Å². The summed E-state index contributed by atoms with van der Waals surface area (Å²) in [6.45, 7) is 5.49. The normalized spacial score (nSPS) is 14.0. The fourth-order valence-corrected chi connectivity index (χ4v) is 3.45. The highest BCUT2D eigenvalue weighted by Gasteiger charge is 2.24. The number of aromatic nitrogens is 2. The maximum Gasteiger partial charge on any atom is 0.191 e. The summed E-state index contributed by atoms with van der Waals surface area (Å²) >= 11 is 1.55. The standard InChI is InChI=1S/C20H25N5OS/c1-3-21-19(23-15-20(2,26)18-9-5-12-27-18)22-14-16-7-4-8-17(13-16)25-11-6-10-24-25/h4-13,26H,3,14-15H2,1-2H3,(H2,21,22,23). The SMILES string of the molecule is CCNC(=NCc1cccc(-n2cccn2)c1)NCC(C)(O)c1cccs1. The van der Waals surface area contributed by atoms with Crippen LogP contribution in [0.3, 0.4) is 0 Å². The van der Waals surface area contributed by atoms with E-state index in [9.17, 15) is 5.11 Å². The molecule has 0 saturated heterocycles. The van der Waals surface area contributed by atoms with Gasteiger partial charge in [-0.2, -0.15) is 5.10 Å². The molecule has 0 radical (unpaired) electrons. The summed E-state index contributed by atoms with van der Waals surface area (Å²) in [5.41, 5.74) is 1.15. The lowest BCUT2D eigenvalue weighted by atomic mass is 10.1. The van der Waals surface area contributed by atoms with Crippen LogP contribution in [-0.4, -0.2) is 33.9 Å². The van der Waals surface area contributed by atoms with Crippen molar-refractivity contribution in [3.05, 3.63) is 70.7 Å². The maximum atomic E-state index is 10.7. The number of hydrogen-bond acceptors (Lipinski definition) is 4. The van der Waals surface area contributed by atoms with Crippen molar-refractivity contribution in [2.45, 2.75) is 26.0 Å². The average molecular weight is 384 g/mol. The third-order valence-electron chi connectivity index (χ3n) is 4.10. The van der Waals surface area contributed by atoms with E-state index in [0.717, 1.165) is 22.7 Å². The molecule has 0 amide bonds. The predicted molar refractivity (Wildman–Crippen MR) is 110 cm³/mol. The Bertz CT molecular complexity index is 856. The van der Waals surface area contributed by atoms with E-state index in [2.05, 4.69) is 26.8 Å². The van der Waals surface area contributed by atoms with Gasteiger partial charge in [0.25, 0.3) is 0 Å². The molecule has 0 aliphatic carbocycles. The summed E-state index contributed by atoms with van der Waals surface area (Å²) in [4.78, 5) is 5.58. The van der Waals surface area contributed by atoms with Gasteiger partial charge in [-0.25, -0.2) is 9.67 Å². The molecule has 0 fully saturated rings. The van der Waals surface area contributed by atoms with E-state index in [1.165, 1.54) is 0 Å². The number of hydrogen-bond donors (Lipinski definition) is 3. The highest BCUT2D eigenvalue weighted by atomic mass is 32.1. The van der Waals surface area contributed by atoms with Crippen LogP contribution in [0.5, 0.6) is 0 Å². The first-order valence-corrected chi connectivity index (χ1v) is 9.84. The number of nitrogens with one attached hydrogen (secondary N) is 2. The molecule has 142 valence electrons. The summed E-state index contributed by atoms with van der Waals surface area (Å²) in [5.74, 6) is 0.679. The minimum atomic E-state index is -0.940. The van der Waals surface area contributed by atoms with Gasteiger partial charge in [0.15, 0.2) is 5.96 Å². The largest absolute Gasteiger partial charge is 0.383 e. The molecule has 0 bridgehead atoms. The molecule has 2 aromatic heterocycles. The Balaban J connectivity index is 1.66. The van der Waals surface area contributed by atoms with Crippen molar-refractivity contribution in [3.8, 4) is 5.69 Å². The van der Waals surface area contributed by atoms with Gasteiger partial charge in [-0.3, -0.25) is 0 Å². The van der Waals surface area contributed by atoms with Gasteiger partial charge in [0.1, 0.15) is 5.60 Å². The highest BCUT2D eigenvalue weighted by Crippen LogP contribution is 2.24. The Hall–Kier alpha value is -2.64. The molecule has 3 N–H and O–H groups in total. The van der Waals surface area contributed by atoms with E-state index in [1.54, 1.807) is 17.5 Å². The molecular formula is C20H25N5OS. The number of guanidine groups is 1. The molecule has 7 heteroatoms. The first-order valence-electron chi connectivity index (χ1n) is 8.96. The molecule has 1 aromatic carbocycles.